The van der Waals surface area contributed by atoms with Crippen molar-refractivity contribution in [1.29, 1.82) is 0 Å². The van der Waals surface area contributed by atoms with Gasteiger partial charge >= 0.3 is 0 Å². The molecule has 0 aliphatic rings. The highest BCUT2D eigenvalue weighted by atomic mass is 19.1. The zero-order chi connectivity index (χ0) is 20.0. The van der Waals surface area contributed by atoms with Crippen LogP contribution in [-0.2, 0) is 12.0 Å². The van der Waals surface area contributed by atoms with E-state index in [1.54, 1.807) is 0 Å². The Bertz CT molecular complexity index is 863. The van der Waals surface area contributed by atoms with Crippen LogP contribution in [0.5, 0.6) is 0 Å². The molecule has 3 aromatic carbocycles. The van der Waals surface area contributed by atoms with Crippen molar-refractivity contribution >= 4 is 5.69 Å². The minimum Gasteiger partial charge on any atom is -0.365 e. The van der Waals surface area contributed by atoms with E-state index in [0.717, 1.165) is 29.7 Å². The Labute approximate surface area is 165 Å². The number of aryl methyl sites for hydroxylation is 1. The maximum absolute atomic E-state index is 13.6. The van der Waals surface area contributed by atoms with E-state index in [9.17, 15) is 8.78 Å². The topological polar surface area (TPSA) is 29.3 Å². The van der Waals surface area contributed by atoms with Gasteiger partial charge in [0.05, 0.1) is 5.54 Å². The molecule has 0 saturated carbocycles. The van der Waals surface area contributed by atoms with Crippen LogP contribution < -0.4 is 10.6 Å². The number of halogens is 2. The van der Waals surface area contributed by atoms with E-state index in [-0.39, 0.29) is 11.6 Å². The number of hydrogen-bond acceptors (Lipinski definition) is 2. The van der Waals surface area contributed by atoms with Gasteiger partial charge in [-0.3, -0.25) is 0 Å². The fourth-order valence-corrected chi connectivity index (χ4v) is 3.84. The van der Waals surface area contributed by atoms with Crippen molar-refractivity contribution in [2.45, 2.75) is 24.8 Å². The second-order valence-corrected chi connectivity index (χ2v) is 7.10. The molecule has 3 rings (SSSR count). The van der Waals surface area contributed by atoms with Gasteiger partial charge in [0.1, 0.15) is 11.6 Å². The molecule has 0 bridgehead atoms. The fourth-order valence-electron chi connectivity index (χ4n) is 3.84. The molecule has 0 aliphatic carbocycles. The SMILES string of the molecule is CN(c1ccccc1)C(CCN)(CCc1ccc(F)cc1)c1ccc(F)cc1. The summed E-state index contributed by atoms with van der Waals surface area (Å²) >= 11 is 0. The number of hydrogen-bond donors (Lipinski definition) is 1. The van der Waals surface area contributed by atoms with E-state index in [0.29, 0.717) is 13.0 Å². The summed E-state index contributed by atoms with van der Waals surface area (Å²) in [5, 5.41) is 0. The maximum atomic E-state index is 13.6. The lowest BCUT2D eigenvalue weighted by atomic mass is 9.79. The van der Waals surface area contributed by atoms with Crippen molar-refractivity contribution in [3.05, 3.63) is 102 Å². The Balaban J connectivity index is 2.01. The molecule has 4 heteroatoms. The molecule has 28 heavy (non-hydrogen) atoms. The van der Waals surface area contributed by atoms with Gasteiger partial charge in [-0.25, -0.2) is 8.78 Å². The second-order valence-electron chi connectivity index (χ2n) is 7.10. The van der Waals surface area contributed by atoms with E-state index in [1.807, 2.05) is 42.5 Å². The van der Waals surface area contributed by atoms with Crippen molar-refractivity contribution in [2.75, 3.05) is 18.5 Å². The summed E-state index contributed by atoms with van der Waals surface area (Å²) in [6, 6.07) is 23.4. The van der Waals surface area contributed by atoms with Crippen molar-refractivity contribution in [2.24, 2.45) is 5.73 Å². The van der Waals surface area contributed by atoms with Gasteiger partial charge in [-0.15, -0.1) is 0 Å². The highest BCUT2D eigenvalue weighted by Gasteiger charge is 2.36. The van der Waals surface area contributed by atoms with Crippen molar-refractivity contribution in [1.82, 2.24) is 0 Å². The lowest BCUT2D eigenvalue weighted by Gasteiger charge is -2.44. The van der Waals surface area contributed by atoms with Gasteiger partial charge in [0, 0.05) is 12.7 Å². The van der Waals surface area contributed by atoms with Gasteiger partial charge in [-0.2, -0.15) is 0 Å². The highest BCUT2D eigenvalue weighted by Crippen LogP contribution is 2.39. The molecule has 0 fully saturated rings. The number of nitrogens with two attached hydrogens (primary N) is 1. The normalized spacial score (nSPS) is 13.1. The number of para-hydroxylation sites is 1. The summed E-state index contributed by atoms with van der Waals surface area (Å²) < 4.78 is 26.9. The first-order valence-corrected chi connectivity index (χ1v) is 9.54. The molecule has 3 aromatic rings. The monoisotopic (exact) mass is 380 g/mol. The molecular weight excluding hydrogens is 354 g/mol. The summed E-state index contributed by atoms with van der Waals surface area (Å²) in [6.45, 7) is 0.498. The molecule has 0 heterocycles. The number of anilines is 1. The van der Waals surface area contributed by atoms with Gasteiger partial charge in [-0.1, -0.05) is 42.5 Å². The van der Waals surface area contributed by atoms with E-state index in [1.165, 1.54) is 24.3 Å². The van der Waals surface area contributed by atoms with Crippen LogP contribution in [0.1, 0.15) is 24.0 Å². The van der Waals surface area contributed by atoms with Crippen LogP contribution in [0.15, 0.2) is 78.9 Å². The van der Waals surface area contributed by atoms with Crippen LogP contribution in [0.25, 0.3) is 0 Å². The molecule has 2 nitrogen and oxygen atoms in total. The van der Waals surface area contributed by atoms with Crippen LogP contribution in [0.2, 0.25) is 0 Å². The first kappa shape index (κ1) is 20.0. The number of benzene rings is 3. The first-order valence-electron chi connectivity index (χ1n) is 9.54. The molecule has 0 amide bonds. The summed E-state index contributed by atoms with van der Waals surface area (Å²) in [7, 11) is 2.05. The average Bonchev–Trinajstić information content (AvgIpc) is 2.73. The smallest absolute Gasteiger partial charge is 0.123 e. The maximum Gasteiger partial charge on any atom is 0.123 e. The zero-order valence-corrected chi connectivity index (χ0v) is 16.1. The van der Waals surface area contributed by atoms with Crippen LogP contribution in [0.3, 0.4) is 0 Å². The van der Waals surface area contributed by atoms with Gasteiger partial charge in [-0.05, 0) is 73.3 Å². The molecule has 0 radical (unpaired) electrons. The van der Waals surface area contributed by atoms with Gasteiger partial charge in [0.2, 0.25) is 0 Å². The average molecular weight is 380 g/mol. The third-order valence-electron chi connectivity index (χ3n) is 5.47. The van der Waals surface area contributed by atoms with Gasteiger partial charge in [0.25, 0.3) is 0 Å². The molecular formula is C24H26F2N2. The fraction of sp³-hybridized carbons (Fsp3) is 0.250. The zero-order valence-electron chi connectivity index (χ0n) is 16.1. The molecule has 146 valence electrons. The quantitative estimate of drug-likeness (QED) is 0.576. The molecule has 0 aliphatic heterocycles. The Morgan fingerprint density at radius 3 is 1.93 bits per heavy atom. The van der Waals surface area contributed by atoms with Crippen molar-refractivity contribution < 1.29 is 8.78 Å². The predicted octanol–water partition coefficient (Wildman–Crippen LogP) is 5.28. The minimum atomic E-state index is -0.405. The Morgan fingerprint density at radius 1 is 0.786 bits per heavy atom. The van der Waals surface area contributed by atoms with Crippen LogP contribution >= 0.6 is 0 Å². The van der Waals surface area contributed by atoms with E-state index in [4.69, 9.17) is 5.73 Å². The second kappa shape index (κ2) is 8.98. The summed E-state index contributed by atoms with van der Waals surface area (Å²) in [6.07, 6.45) is 2.24. The molecule has 0 saturated heterocycles. The minimum absolute atomic E-state index is 0.239. The molecule has 2 N–H and O–H groups in total. The summed E-state index contributed by atoms with van der Waals surface area (Å²) in [5.74, 6) is -0.497. The highest BCUT2D eigenvalue weighted by molar-refractivity contribution is 5.51. The lowest BCUT2D eigenvalue weighted by Crippen LogP contribution is -2.46. The lowest BCUT2D eigenvalue weighted by molar-refractivity contribution is 0.362. The van der Waals surface area contributed by atoms with Crippen molar-refractivity contribution in [3.8, 4) is 0 Å². The van der Waals surface area contributed by atoms with E-state index in [2.05, 4.69) is 24.1 Å². The van der Waals surface area contributed by atoms with Crippen LogP contribution in [-0.4, -0.2) is 13.6 Å². The predicted molar refractivity (Wildman–Crippen MR) is 111 cm³/mol. The summed E-state index contributed by atoms with van der Waals surface area (Å²) in [4.78, 5) is 2.23. The Kier molecular flexibility index (Phi) is 6.42. The number of rotatable bonds is 8. The summed E-state index contributed by atoms with van der Waals surface area (Å²) in [5.41, 5.74) is 8.78. The van der Waals surface area contributed by atoms with E-state index < -0.39 is 5.54 Å². The van der Waals surface area contributed by atoms with Crippen LogP contribution in [0, 0.1) is 11.6 Å². The third kappa shape index (κ3) is 4.39. The largest absolute Gasteiger partial charge is 0.365 e. The van der Waals surface area contributed by atoms with Gasteiger partial charge in [0.15, 0.2) is 0 Å². The number of nitrogens with zero attached hydrogens (tertiary/aromatic N) is 1. The molecule has 0 aromatic heterocycles. The molecule has 0 spiro atoms. The van der Waals surface area contributed by atoms with Gasteiger partial charge < -0.3 is 10.6 Å². The standard InChI is InChI=1S/C24H26F2N2/c1-28(23-5-3-2-4-6-23)24(17-18-27,20-9-13-22(26)14-10-20)16-15-19-7-11-21(25)12-8-19/h2-14H,15-18,27H2,1H3. The Morgan fingerprint density at radius 2 is 1.36 bits per heavy atom. The van der Waals surface area contributed by atoms with Crippen LogP contribution in [0.4, 0.5) is 14.5 Å². The third-order valence-corrected chi connectivity index (χ3v) is 5.47. The Hall–Kier alpha value is -2.72. The van der Waals surface area contributed by atoms with Crippen molar-refractivity contribution in [3.63, 3.8) is 0 Å². The van der Waals surface area contributed by atoms with E-state index >= 15 is 0 Å². The first-order chi connectivity index (χ1) is 13.5. The molecule has 1 unspecified atom stereocenters. The molecule has 1 atom stereocenters.